The normalized spacial score (nSPS) is 19.7. The molecule has 68 valence electrons. The number of fused-ring (bicyclic) bond motifs is 1. The second kappa shape index (κ2) is 2.66. The van der Waals surface area contributed by atoms with Crippen LogP contribution in [0, 0.1) is 5.41 Å². The molecule has 0 saturated heterocycles. The molecule has 0 radical (unpaired) electrons. The van der Waals surface area contributed by atoms with Crippen molar-refractivity contribution in [3.63, 3.8) is 0 Å². The molecule has 0 unspecified atom stereocenters. The van der Waals surface area contributed by atoms with Crippen molar-refractivity contribution in [3.05, 3.63) is 29.6 Å². The standard InChI is InChI=1S/C11H13NO/c1-11(2)6-5-8-4-3-7-12-9(8)10(11)13/h3-4,7H,5-6H2,1-2H3. The minimum atomic E-state index is -0.221. The predicted molar refractivity (Wildman–Crippen MR) is 50.7 cm³/mol. The molecule has 0 bridgehead atoms. The Kier molecular flexibility index (Phi) is 1.72. The van der Waals surface area contributed by atoms with Gasteiger partial charge >= 0.3 is 0 Å². The quantitative estimate of drug-likeness (QED) is 0.605. The van der Waals surface area contributed by atoms with Crippen LogP contribution in [0.5, 0.6) is 0 Å². The lowest BCUT2D eigenvalue weighted by Gasteiger charge is -2.28. The summed E-state index contributed by atoms with van der Waals surface area (Å²) in [6.07, 6.45) is 3.60. The van der Waals surface area contributed by atoms with Gasteiger partial charge in [-0.2, -0.15) is 0 Å². The summed E-state index contributed by atoms with van der Waals surface area (Å²) in [5.41, 5.74) is 1.56. The summed E-state index contributed by atoms with van der Waals surface area (Å²) in [5, 5.41) is 0. The van der Waals surface area contributed by atoms with Gasteiger partial charge in [0.25, 0.3) is 0 Å². The van der Waals surface area contributed by atoms with Crippen molar-refractivity contribution < 1.29 is 4.79 Å². The van der Waals surface area contributed by atoms with Crippen LogP contribution in [0.2, 0.25) is 0 Å². The summed E-state index contributed by atoms with van der Waals surface area (Å²) >= 11 is 0. The Morgan fingerprint density at radius 3 is 3.00 bits per heavy atom. The van der Waals surface area contributed by atoms with Crippen molar-refractivity contribution in [1.29, 1.82) is 0 Å². The Hall–Kier alpha value is -1.18. The maximum Gasteiger partial charge on any atom is 0.187 e. The molecular weight excluding hydrogens is 162 g/mol. The van der Waals surface area contributed by atoms with E-state index in [-0.39, 0.29) is 11.2 Å². The van der Waals surface area contributed by atoms with Gasteiger partial charge in [0.05, 0.1) is 0 Å². The van der Waals surface area contributed by atoms with Gasteiger partial charge in [-0.15, -0.1) is 0 Å². The van der Waals surface area contributed by atoms with E-state index in [4.69, 9.17) is 0 Å². The molecule has 2 nitrogen and oxygen atoms in total. The fourth-order valence-electron chi connectivity index (χ4n) is 1.73. The smallest absolute Gasteiger partial charge is 0.187 e. The summed E-state index contributed by atoms with van der Waals surface area (Å²) in [5.74, 6) is 0.189. The Balaban J connectivity index is 2.52. The number of carbonyl (C=O) groups excluding carboxylic acids is 1. The van der Waals surface area contributed by atoms with Gasteiger partial charge in [-0.3, -0.25) is 9.78 Å². The van der Waals surface area contributed by atoms with E-state index in [9.17, 15) is 4.79 Å². The molecule has 1 aliphatic carbocycles. The Morgan fingerprint density at radius 2 is 2.23 bits per heavy atom. The van der Waals surface area contributed by atoms with E-state index in [0.717, 1.165) is 18.4 Å². The number of ketones is 1. The molecule has 0 atom stereocenters. The zero-order valence-electron chi connectivity index (χ0n) is 8.00. The van der Waals surface area contributed by atoms with Gasteiger partial charge < -0.3 is 0 Å². The van der Waals surface area contributed by atoms with Crippen LogP contribution >= 0.6 is 0 Å². The van der Waals surface area contributed by atoms with Crippen molar-refractivity contribution in [1.82, 2.24) is 4.98 Å². The van der Waals surface area contributed by atoms with Crippen LogP contribution in [0.4, 0.5) is 0 Å². The molecule has 1 aliphatic rings. The third-order valence-electron chi connectivity index (χ3n) is 2.74. The zero-order chi connectivity index (χ0) is 9.47. The van der Waals surface area contributed by atoms with Crippen molar-refractivity contribution in [2.45, 2.75) is 26.7 Å². The number of hydrogen-bond acceptors (Lipinski definition) is 2. The SMILES string of the molecule is CC1(C)CCc2cccnc2C1=O. The van der Waals surface area contributed by atoms with E-state index in [1.54, 1.807) is 6.20 Å². The molecule has 13 heavy (non-hydrogen) atoms. The predicted octanol–water partition coefficient (Wildman–Crippen LogP) is 2.24. The average molecular weight is 175 g/mol. The molecule has 1 aromatic heterocycles. The van der Waals surface area contributed by atoms with Gasteiger partial charge in [0.2, 0.25) is 0 Å². The first-order chi connectivity index (χ1) is 6.11. The molecule has 0 amide bonds. The lowest BCUT2D eigenvalue weighted by atomic mass is 9.75. The highest BCUT2D eigenvalue weighted by atomic mass is 16.1. The van der Waals surface area contributed by atoms with Gasteiger partial charge in [-0.1, -0.05) is 19.9 Å². The molecule has 0 saturated carbocycles. The summed E-state index contributed by atoms with van der Waals surface area (Å²) in [6.45, 7) is 3.99. The molecule has 0 N–H and O–H groups in total. The largest absolute Gasteiger partial charge is 0.292 e. The molecule has 1 heterocycles. The maximum absolute atomic E-state index is 11.9. The number of nitrogens with zero attached hydrogens (tertiary/aromatic N) is 1. The Morgan fingerprint density at radius 1 is 1.46 bits per heavy atom. The van der Waals surface area contributed by atoms with E-state index < -0.39 is 0 Å². The third kappa shape index (κ3) is 1.26. The van der Waals surface area contributed by atoms with Crippen LogP contribution in [-0.2, 0) is 6.42 Å². The first kappa shape index (κ1) is 8.42. The highest BCUT2D eigenvalue weighted by Gasteiger charge is 2.34. The van der Waals surface area contributed by atoms with Crippen molar-refractivity contribution in [2.24, 2.45) is 5.41 Å². The van der Waals surface area contributed by atoms with E-state index >= 15 is 0 Å². The van der Waals surface area contributed by atoms with Crippen LogP contribution < -0.4 is 0 Å². The monoisotopic (exact) mass is 175 g/mol. The summed E-state index contributed by atoms with van der Waals surface area (Å²) in [7, 11) is 0. The van der Waals surface area contributed by atoms with E-state index in [1.807, 2.05) is 26.0 Å². The second-order valence-corrected chi connectivity index (χ2v) is 4.22. The van der Waals surface area contributed by atoms with E-state index in [0.29, 0.717) is 5.69 Å². The molecular formula is C11H13NO. The van der Waals surface area contributed by atoms with Crippen LogP contribution in [-0.4, -0.2) is 10.8 Å². The fraction of sp³-hybridized carbons (Fsp3) is 0.455. The van der Waals surface area contributed by atoms with Crippen LogP contribution in [0.3, 0.4) is 0 Å². The molecule has 0 spiro atoms. The van der Waals surface area contributed by atoms with E-state index in [2.05, 4.69) is 4.98 Å². The van der Waals surface area contributed by atoms with Gasteiger partial charge in [-0.05, 0) is 24.5 Å². The number of pyridine rings is 1. The number of hydrogen-bond donors (Lipinski definition) is 0. The lowest BCUT2D eigenvalue weighted by molar-refractivity contribution is 0.0804. The molecule has 2 rings (SSSR count). The summed E-state index contributed by atoms with van der Waals surface area (Å²) in [6, 6.07) is 3.89. The second-order valence-electron chi connectivity index (χ2n) is 4.22. The first-order valence-electron chi connectivity index (χ1n) is 4.60. The van der Waals surface area contributed by atoms with Gasteiger partial charge in [0.1, 0.15) is 5.69 Å². The van der Waals surface area contributed by atoms with Gasteiger partial charge in [0, 0.05) is 11.6 Å². The van der Waals surface area contributed by atoms with Crippen LogP contribution in [0.1, 0.15) is 36.3 Å². The number of aryl methyl sites for hydroxylation is 1. The maximum atomic E-state index is 11.9. The molecule has 0 aromatic carbocycles. The van der Waals surface area contributed by atoms with Gasteiger partial charge in [-0.25, -0.2) is 0 Å². The van der Waals surface area contributed by atoms with Crippen molar-refractivity contribution in [2.75, 3.05) is 0 Å². The minimum absolute atomic E-state index is 0.189. The number of carbonyl (C=O) groups is 1. The molecule has 1 aromatic rings. The lowest BCUT2D eigenvalue weighted by Crippen LogP contribution is -2.31. The van der Waals surface area contributed by atoms with Crippen molar-refractivity contribution >= 4 is 5.78 Å². The number of Topliss-reactive ketones (excluding diaryl/α,β-unsaturated/α-hetero) is 1. The molecule has 2 heteroatoms. The van der Waals surface area contributed by atoms with Crippen LogP contribution in [0.15, 0.2) is 18.3 Å². The number of rotatable bonds is 0. The third-order valence-corrected chi connectivity index (χ3v) is 2.74. The van der Waals surface area contributed by atoms with Crippen molar-refractivity contribution in [3.8, 4) is 0 Å². The number of aromatic nitrogens is 1. The fourth-order valence-corrected chi connectivity index (χ4v) is 1.73. The Labute approximate surface area is 78.0 Å². The van der Waals surface area contributed by atoms with Crippen LogP contribution in [0.25, 0.3) is 0 Å². The topological polar surface area (TPSA) is 30.0 Å². The van der Waals surface area contributed by atoms with Gasteiger partial charge in [0.15, 0.2) is 5.78 Å². The first-order valence-corrected chi connectivity index (χ1v) is 4.60. The Bertz CT molecular complexity index is 355. The highest BCUT2D eigenvalue weighted by Crippen LogP contribution is 2.33. The molecule has 0 fully saturated rings. The molecule has 0 aliphatic heterocycles. The zero-order valence-corrected chi connectivity index (χ0v) is 8.00. The minimum Gasteiger partial charge on any atom is -0.292 e. The summed E-state index contributed by atoms with van der Waals surface area (Å²) < 4.78 is 0. The van der Waals surface area contributed by atoms with E-state index in [1.165, 1.54) is 0 Å². The highest BCUT2D eigenvalue weighted by molar-refractivity contribution is 6.00. The summed E-state index contributed by atoms with van der Waals surface area (Å²) in [4.78, 5) is 16.0. The average Bonchev–Trinajstić information content (AvgIpc) is 2.13.